The van der Waals surface area contributed by atoms with Gasteiger partial charge in [0.1, 0.15) is 5.75 Å². The number of amides is 1. The van der Waals surface area contributed by atoms with E-state index in [0.717, 1.165) is 18.4 Å². The molecule has 1 unspecified atom stereocenters. The number of benzene rings is 1. The fraction of sp³-hybridized carbons (Fsp3) is 0.500. The third-order valence-electron chi connectivity index (χ3n) is 3.42. The summed E-state index contributed by atoms with van der Waals surface area (Å²) in [6.45, 7) is 4.28. The maximum Gasteiger partial charge on any atom is 0.263 e. The Labute approximate surface area is 120 Å². The van der Waals surface area contributed by atoms with Crippen molar-refractivity contribution in [1.82, 2.24) is 4.90 Å². The highest BCUT2D eigenvalue weighted by Gasteiger charge is 2.34. The Morgan fingerprint density at radius 2 is 2.10 bits per heavy atom. The lowest BCUT2D eigenvalue weighted by Crippen LogP contribution is -2.42. The van der Waals surface area contributed by atoms with Crippen molar-refractivity contribution in [3.8, 4) is 11.8 Å². The molecule has 0 radical (unpaired) electrons. The number of carbonyl (C=O) groups excluding carboxylic acids is 1. The molecular formula is C16H20N2O2. The SMILES string of the molecule is Cc1ccc(OC(C)C(=O)N(CCC#N)C2CC2)cc1. The molecule has 1 amide bonds. The molecule has 1 aromatic rings. The van der Waals surface area contributed by atoms with Crippen molar-refractivity contribution in [2.75, 3.05) is 6.54 Å². The molecule has 2 rings (SSSR count). The Morgan fingerprint density at radius 1 is 1.45 bits per heavy atom. The number of nitriles is 1. The average Bonchev–Trinajstić information content (AvgIpc) is 3.26. The Kier molecular flexibility index (Phi) is 4.62. The molecule has 0 saturated heterocycles. The van der Waals surface area contributed by atoms with E-state index in [1.165, 1.54) is 0 Å². The van der Waals surface area contributed by atoms with Crippen LogP contribution in [-0.4, -0.2) is 29.5 Å². The summed E-state index contributed by atoms with van der Waals surface area (Å²) in [6.07, 6.45) is 1.93. The Balaban J connectivity index is 1.96. The van der Waals surface area contributed by atoms with Crippen molar-refractivity contribution in [2.24, 2.45) is 0 Å². The predicted octanol–water partition coefficient (Wildman–Crippen LogP) is 2.67. The van der Waals surface area contributed by atoms with Crippen molar-refractivity contribution in [2.45, 2.75) is 45.3 Å². The van der Waals surface area contributed by atoms with Gasteiger partial charge in [0.05, 0.1) is 12.5 Å². The maximum absolute atomic E-state index is 12.4. The summed E-state index contributed by atoms with van der Waals surface area (Å²) in [5.74, 6) is 0.677. The molecule has 0 bridgehead atoms. The van der Waals surface area contributed by atoms with Crippen LogP contribution in [-0.2, 0) is 4.79 Å². The third-order valence-corrected chi connectivity index (χ3v) is 3.42. The van der Waals surface area contributed by atoms with E-state index in [-0.39, 0.29) is 5.91 Å². The zero-order valence-electron chi connectivity index (χ0n) is 12.0. The molecule has 1 saturated carbocycles. The minimum atomic E-state index is -0.517. The molecule has 1 aliphatic rings. The van der Waals surface area contributed by atoms with Crippen molar-refractivity contribution < 1.29 is 9.53 Å². The van der Waals surface area contributed by atoms with Gasteiger partial charge < -0.3 is 9.64 Å². The number of ether oxygens (including phenoxy) is 1. The number of aryl methyl sites for hydroxylation is 1. The first-order valence-electron chi connectivity index (χ1n) is 7.02. The normalized spacial score (nSPS) is 15.2. The van der Waals surface area contributed by atoms with Crippen molar-refractivity contribution in [3.05, 3.63) is 29.8 Å². The van der Waals surface area contributed by atoms with E-state index in [2.05, 4.69) is 6.07 Å². The Hall–Kier alpha value is -2.02. The smallest absolute Gasteiger partial charge is 0.263 e. The van der Waals surface area contributed by atoms with E-state index in [1.807, 2.05) is 31.2 Å². The molecule has 20 heavy (non-hydrogen) atoms. The highest BCUT2D eigenvalue weighted by molar-refractivity contribution is 5.81. The lowest BCUT2D eigenvalue weighted by molar-refractivity contribution is -0.138. The Bertz CT molecular complexity index is 500. The number of hydrogen-bond donors (Lipinski definition) is 0. The second-order valence-electron chi connectivity index (χ2n) is 5.24. The Morgan fingerprint density at radius 3 is 2.65 bits per heavy atom. The van der Waals surface area contributed by atoms with Crippen LogP contribution in [0.15, 0.2) is 24.3 Å². The van der Waals surface area contributed by atoms with Gasteiger partial charge in [-0.25, -0.2) is 0 Å². The molecule has 106 valence electrons. The number of rotatable bonds is 6. The lowest BCUT2D eigenvalue weighted by atomic mass is 10.2. The lowest BCUT2D eigenvalue weighted by Gasteiger charge is -2.25. The van der Waals surface area contributed by atoms with Gasteiger partial charge in [-0.1, -0.05) is 17.7 Å². The fourth-order valence-corrected chi connectivity index (χ4v) is 2.13. The topological polar surface area (TPSA) is 53.3 Å². The minimum Gasteiger partial charge on any atom is -0.481 e. The van der Waals surface area contributed by atoms with Crippen LogP contribution < -0.4 is 4.74 Å². The molecule has 0 spiro atoms. The molecule has 4 nitrogen and oxygen atoms in total. The molecule has 1 aromatic carbocycles. The predicted molar refractivity (Wildman–Crippen MR) is 76.2 cm³/mol. The van der Waals surface area contributed by atoms with Gasteiger partial charge in [0, 0.05) is 12.6 Å². The minimum absolute atomic E-state index is 0.0247. The summed E-state index contributed by atoms with van der Waals surface area (Å²) in [4.78, 5) is 14.2. The largest absolute Gasteiger partial charge is 0.481 e. The first kappa shape index (κ1) is 14.4. The number of hydrogen-bond acceptors (Lipinski definition) is 3. The van der Waals surface area contributed by atoms with E-state index >= 15 is 0 Å². The van der Waals surface area contributed by atoms with Crippen LogP contribution in [0.1, 0.15) is 31.7 Å². The summed E-state index contributed by atoms with van der Waals surface area (Å²) in [7, 11) is 0. The molecule has 0 N–H and O–H groups in total. The molecule has 0 aliphatic heterocycles. The number of carbonyl (C=O) groups is 1. The third kappa shape index (κ3) is 3.74. The quantitative estimate of drug-likeness (QED) is 0.800. The first-order chi connectivity index (χ1) is 9.61. The van der Waals surface area contributed by atoms with Gasteiger partial charge in [-0.2, -0.15) is 5.26 Å². The molecule has 1 aliphatic carbocycles. The molecule has 1 atom stereocenters. The van der Waals surface area contributed by atoms with Crippen LogP contribution in [0.4, 0.5) is 0 Å². The van der Waals surface area contributed by atoms with Gasteiger partial charge >= 0.3 is 0 Å². The highest BCUT2D eigenvalue weighted by Crippen LogP contribution is 2.28. The zero-order valence-corrected chi connectivity index (χ0v) is 12.0. The standard InChI is InChI=1S/C16H20N2O2/c1-12-4-8-15(9-5-12)20-13(2)16(19)18(11-3-10-17)14-6-7-14/h4-5,8-9,13-14H,3,6-7,11H2,1-2H3. The van der Waals surface area contributed by atoms with E-state index in [1.54, 1.807) is 11.8 Å². The molecule has 0 aromatic heterocycles. The molecule has 1 fully saturated rings. The van der Waals surface area contributed by atoms with Crippen molar-refractivity contribution in [1.29, 1.82) is 5.26 Å². The van der Waals surface area contributed by atoms with Gasteiger partial charge in [0.2, 0.25) is 0 Å². The zero-order chi connectivity index (χ0) is 14.5. The van der Waals surface area contributed by atoms with Crippen LogP contribution >= 0.6 is 0 Å². The molecular weight excluding hydrogens is 252 g/mol. The van der Waals surface area contributed by atoms with Crippen LogP contribution in [0, 0.1) is 18.3 Å². The van der Waals surface area contributed by atoms with Crippen molar-refractivity contribution in [3.63, 3.8) is 0 Å². The van der Waals surface area contributed by atoms with Gasteiger partial charge in [-0.05, 0) is 38.8 Å². The fourth-order valence-electron chi connectivity index (χ4n) is 2.13. The molecule has 4 heteroatoms. The summed E-state index contributed by atoms with van der Waals surface area (Å²) in [6, 6.07) is 10.1. The van der Waals surface area contributed by atoms with E-state index < -0.39 is 6.10 Å². The summed E-state index contributed by atoms with van der Waals surface area (Å²) in [5.41, 5.74) is 1.16. The van der Waals surface area contributed by atoms with Crippen LogP contribution in [0.5, 0.6) is 5.75 Å². The summed E-state index contributed by atoms with van der Waals surface area (Å²) >= 11 is 0. The maximum atomic E-state index is 12.4. The highest BCUT2D eigenvalue weighted by atomic mass is 16.5. The van der Waals surface area contributed by atoms with E-state index in [9.17, 15) is 4.79 Å². The molecule has 0 heterocycles. The van der Waals surface area contributed by atoms with Crippen LogP contribution in [0.2, 0.25) is 0 Å². The van der Waals surface area contributed by atoms with Crippen LogP contribution in [0.25, 0.3) is 0 Å². The monoisotopic (exact) mass is 272 g/mol. The number of nitrogens with zero attached hydrogens (tertiary/aromatic N) is 2. The van der Waals surface area contributed by atoms with Gasteiger partial charge in [0.15, 0.2) is 6.10 Å². The summed E-state index contributed by atoms with van der Waals surface area (Å²) in [5, 5.41) is 8.68. The van der Waals surface area contributed by atoms with Gasteiger partial charge in [-0.3, -0.25) is 4.79 Å². The van der Waals surface area contributed by atoms with Crippen molar-refractivity contribution >= 4 is 5.91 Å². The van der Waals surface area contributed by atoms with E-state index in [4.69, 9.17) is 10.00 Å². The second kappa shape index (κ2) is 6.42. The van der Waals surface area contributed by atoms with Gasteiger partial charge in [-0.15, -0.1) is 0 Å². The van der Waals surface area contributed by atoms with E-state index in [0.29, 0.717) is 24.8 Å². The average molecular weight is 272 g/mol. The van der Waals surface area contributed by atoms with Gasteiger partial charge in [0.25, 0.3) is 5.91 Å². The first-order valence-corrected chi connectivity index (χ1v) is 7.02. The summed E-state index contributed by atoms with van der Waals surface area (Å²) < 4.78 is 5.70. The second-order valence-corrected chi connectivity index (χ2v) is 5.24. The van der Waals surface area contributed by atoms with Crippen LogP contribution in [0.3, 0.4) is 0 Å².